The van der Waals surface area contributed by atoms with E-state index in [1.165, 1.54) is 0 Å². The molecule has 0 spiro atoms. The Morgan fingerprint density at radius 1 is 1.22 bits per heavy atom. The normalized spacial score (nSPS) is 10.1. The van der Waals surface area contributed by atoms with E-state index in [0.717, 1.165) is 17.1 Å². The van der Waals surface area contributed by atoms with Crippen molar-refractivity contribution in [2.45, 2.75) is 26.4 Å². The van der Waals surface area contributed by atoms with Gasteiger partial charge in [-0.25, -0.2) is 4.79 Å². The Labute approximate surface area is 161 Å². The number of hydrogen-bond acceptors (Lipinski definition) is 8. The molecule has 1 aromatic heterocycles. The van der Waals surface area contributed by atoms with Gasteiger partial charge in [-0.05, 0) is 25.5 Å². The number of carbonyl (C=O) groups excluding carboxylic acids is 2. The van der Waals surface area contributed by atoms with Crippen LogP contribution in [-0.4, -0.2) is 25.2 Å². The molecule has 0 unspecified atom stereocenters. The molecule has 1 heterocycles. The highest BCUT2D eigenvalue weighted by molar-refractivity contribution is 7.18. The van der Waals surface area contributed by atoms with Crippen molar-refractivity contribution in [3.63, 3.8) is 0 Å². The van der Waals surface area contributed by atoms with E-state index in [1.807, 2.05) is 36.4 Å². The van der Waals surface area contributed by atoms with Gasteiger partial charge < -0.3 is 19.9 Å². The summed E-state index contributed by atoms with van der Waals surface area (Å²) >= 11 is 0.954. The number of nitrogen functional groups attached to an aromatic ring is 1. The number of nitrogens with zero attached hydrogens (tertiary/aromatic N) is 1. The van der Waals surface area contributed by atoms with E-state index in [9.17, 15) is 14.9 Å². The number of rotatable bonds is 9. The third-order valence-corrected chi connectivity index (χ3v) is 4.56. The lowest BCUT2D eigenvalue weighted by Gasteiger charge is -2.08. The lowest BCUT2D eigenvalue weighted by atomic mass is 10.1. The summed E-state index contributed by atoms with van der Waals surface area (Å²) in [5.74, 6) is -0.300. The maximum atomic E-state index is 12.0. The van der Waals surface area contributed by atoms with Crippen LogP contribution in [0.15, 0.2) is 30.3 Å². The third kappa shape index (κ3) is 5.72. The van der Waals surface area contributed by atoms with Crippen molar-refractivity contribution >= 4 is 28.3 Å². The zero-order valence-corrected chi connectivity index (χ0v) is 15.7. The first-order valence-electron chi connectivity index (χ1n) is 8.38. The average molecular weight is 388 g/mol. The molecule has 1 aromatic carbocycles. The number of para-hydroxylation sites is 1. The first-order chi connectivity index (χ1) is 13.1. The minimum atomic E-state index is -0.585. The van der Waals surface area contributed by atoms with Crippen molar-refractivity contribution in [1.29, 1.82) is 5.26 Å². The van der Waals surface area contributed by atoms with E-state index < -0.39 is 11.9 Å². The van der Waals surface area contributed by atoms with Gasteiger partial charge >= 0.3 is 11.9 Å². The number of esters is 2. The van der Waals surface area contributed by atoms with Gasteiger partial charge in [0.05, 0.1) is 18.8 Å². The molecule has 27 heavy (non-hydrogen) atoms. The fourth-order valence-corrected chi connectivity index (χ4v) is 3.17. The van der Waals surface area contributed by atoms with E-state index >= 15 is 0 Å². The van der Waals surface area contributed by atoms with Gasteiger partial charge in [0.2, 0.25) is 0 Å². The van der Waals surface area contributed by atoms with Crippen LogP contribution in [-0.2, 0) is 20.9 Å². The highest BCUT2D eigenvalue weighted by Gasteiger charge is 2.23. The standard InChI is InChI=1S/C19H20N2O5S/c1-2-24-19(23)17-15(14(11-20)18(21)27-17)12-26-16(22)9-6-10-25-13-7-4-3-5-8-13/h3-5,7-8H,2,6,9-10,12,21H2,1H3. The Hall–Kier alpha value is -3.05. The third-order valence-electron chi connectivity index (χ3n) is 3.52. The van der Waals surface area contributed by atoms with Gasteiger partial charge in [0, 0.05) is 12.0 Å². The van der Waals surface area contributed by atoms with Gasteiger partial charge in [-0.15, -0.1) is 11.3 Å². The fraction of sp³-hybridized carbons (Fsp3) is 0.316. The number of anilines is 1. The molecular weight excluding hydrogens is 368 g/mol. The van der Waals surface area contributed by atoms with Crippen LogP contribution in [0.4, 0.5) is 5.00 Å². The maximum absolute atomic E-state index is 12.0. The molecule has 0 amide bonds. The SMILES string of the molecule is CCOC(=O)c1sc(N)c(C#N)c1COC(=O)CCCOc1ccccc1. The average Bonchev–Trinajstić information content (AvgIpc) is 3.00. The second kappa shape index (κ2) is 10.2. The predicted molar refractivity (Wildman–Crippen MR) is 100 cm³/mol. The fourth-order valence-electron chi connectivity index (χ4n) is 2.25. The second-order valence-corrected chi connectivity index (χ2v) is 6.46. The van der Waals surface area contributed by atoms with E-state index in [1.54, 1.807) is 6.92 Å². The minimum Gasteiger partial charge on any atom is -0.494 e. The van der Waals surface area contributed by atoms with Crippen molar-refractivity contribution in [3.8, 4) is 11.8 Å². The molecule has 2 rings (SSSR count). The molecule has 0 aliphatic rings. The topological polar surface area (TPSA) is 112 Å². The second-order valence-electron chi connectivity index (χ2n) is 5.41. The molecule has 0 aliphatic heterocycles. The molecule has 0 fully saturated rings. The monoisotopic (exact) mass is 388 g/mol. The summed E-state index contributed by atoms with van der Waals surface area (Å²) in [5, 5.41) is 9.44. The molecule has 8 heteroatoms. The summed E-state index contributed by atoms with van der Waals surface area (Å²) < 4.78 is 15.7. The van der Waals surface area contributed by atoms with Crippen molar-refractivity contribution in [3.05, 3.63) is 46.3 Å². The van der Waals surface area contributed by atoms with Crippen LogP contribution in [0.1, 0.15) is 40.6 Å². The lowest BCUT2D eigenvalue weighted by molar-refractivity contribution is -0.145. The van der Waals surface area contributed by atoms with Crippen LogP contribution < -0.4 is 10.5 Å². The van der Waals surface area contributed by atoms with Crippen LogP contribution in [0.3, 0.4) is 0 Å². The molecule has 0 aliphatic carbocycles. The zero-order chi connectivity index (χ0) is 19.6. The number of nitrogens with two attached hydrogens (primary N) is 1. The van der Waals surface area contributed by atoms with Gasteiger partial charge in [-0.2, -0.15) is 5.26 Å². The minimum absolute atomic E-state index is 0.142. The number of hydrogen-bond donors (Lipinski definition) is 1. The van der Waals surface area contributed by atoms with Crippen molar-refractivity contribution in [1.82, 2.24) is 0 Å². The van der Waals surface area contributed by atoms with Gasteiger partial charge in [-0.1, -0.05) is 18.2 Å². The molecular formula is C19H20N2O5S. The van der Waals surface area contributed by atoms with Crippen LogP contribution in [0.2, 0.25) is 0 Å². The Bertz CT molecular complexity index is 827. The molecule has 142 valence electrons. The molecule has 0 atom stereocenters. The zero-order valence-electron chi connectivity index (χ0n) is 14.9. The Morgan fingerprint density at radius 2 is 1.96 bits per heavy atom. The molecule has 2 N–H and O–H groups in total. The summed E-state index contributed by atoms with van der Waals surface area (Å²) in [6.07, 6.45) is 0.637. The van der Waals surface area contributed by atoms with E-state index in [4.69, 9.17) is 19.9 Å². The van der Waals surface area contributed by atoms with E-state index in [-0.39, 0.29) is 40.6 Å². The van der Waals surface area contributed by atoms with E-state index in [0.29, 0.717) is 13.0 Å². The predicted octanol–water partition coefficient (Wildman–Crippen LogP) is 3.28. The van der Waals surface area contributed by atoms with Crippen molar-refractivity contribution in [2.75, 3.05) is 18.9 Å². The van der Waals surface area contributed by atoms with Gasteiger partial charge in [0.25, 0.3) is 0 Å². The number of nitriles is 1. The highest BCUT2D eigenvalue weighted by atomic mass is 32.1. The van der Waals surface area contributed by atoms with Crippen molar-refractivity contribution < 1.29 is 23.8 Å². The summed E-state index contributed by atoms with van der Waals surface area (Å²) in [5.41, 5.74) is 6.20. The van der Waals surface area contributed by atoms with Gasteiger partial charge in [0.1, 0.15) is 28.3 Å². The lowest BCUT2D eigenvalue weighted by Crippen LogP contribution is -2.10. The van der Waals surface area contributed by atoms with Crippen LogP contribution in [0.25, 0.3) is 0 Å². The van der Waals surface area contributed by atoms with Crippen LogP contribution >= 0.6 is 11.3 Å². The summed E-state index contributed by atoms with van der Waals surface area (Å²) in [7, 11) is 0. The molecule has 7 nitrogen and oxygen atoms in total. The Kier molecular flexibility index (Phi) is 7.64. The Morgan fingerprint density at radius 3 is 2.63 bits per heavy atom. The number of benzene rings is 1. The maximum Gasteiger partial charge on any atom is 0.348 e. The first-order valence-corrected chi connectivity index (χ1v) is 9.20. The van der Waals surface area contributed by atoms with Gasteiger partial charge in [0.15, 0.2) is 0 Å². The largest absolute Gasteiger partial charge is 0.494 e. The van der Waals surface area contributed by atoms with Crippen molar-refractivity contribution in [2.24, 2.45) is 0 Å². The summed E-state index contributed by atoms with van der Waals surface area (Å²) in [6.45, 7) is 2.04. The summed E-state index contributed by atoms with van der Waals surface area (Å²) in [4.78, 5) is 24.1. The highest BCUT2D eigenvalue weighted by Crippen LogP contribution is 2.31. The molecule has 0 bridgehead atoms. The molecule has 2 aromatic rings. The van der Waals surface area contributed by atoms with E-state index in [2.05, 4.69) is 0 Å². The summed E-state index contributed by atoms with van der Waals surface area (Å²) in [6, 6.07) is 11.2. The quantitative estimate of drug-likeness (QED) is 0.518. The smallest absolute Gasteiger partial charge is 0.348 e. The van der Waals surface area contributed by atoms with Gasteiger partial charge in [-0.3, -0.25) is 4.79 Å². The van der Waals surface area contributed by atoms with Crippen LogP contribution in [0, 0.1) is 11.3 Å². The molecule has 0 saturated carbocycles. The molecule has 0 radical (unpaired) electrons. The number of thiophene rings is 1. The van der Waals surface area contributed by atoms with Crippen LogP contribution in [0.5, 0.6) is 5.75 Å². The number of ether oxygens (including phenoxy) is 3. The Balaban J connectivity index is 1.87. The first kappa shape index (κ1) is 20.3. The molecule has 0 saturated heterocycles. The number of carbonyl (C=O) groups is 2.